The fourth-order valence-electron chi connectivity index (χ4n) is 3.40. The van der Waals surface area contributed by atoms with Gasteiger partial charge in [-0.15, -0.1) is 0 Å². The van der Waals surface area contributed by atoms with Crippen molar-refractivity contribution in [2.75, 3.05) is 19.6 Å². The van der Waals surface area contributed by atoms with E-state index < -0.39 is 0 Å². The van der Waals surface area contributed by atoms with Crippen LogP contribution in [-0.4, -0.2) is 47.9 Å². The average molecular weight is 279 g/mol. The minimum atomic E-state index is -0.273. The van der Waals surface area contributed by atoms with E-state index in [-0.39, 0.29) is 11.2 Å². The first kappa shape index (κ1) is 15.8. The van der Waals surface area contributed by atoms with Crippen LogP contribution in [0.25, 0.3) is 0 Å². The van der Waals surface area contributed by atoms with Gasteiger partial charge in [0.05, 0.1) is 24.4 Å². The summed E-state index contributed by atoms with van der Waals surface area (Å²) in [6.45, 7) is 13.5. The fraction of sp³-hybridized carbons (Fsp3) is 0.882. The van der Waals surface area contributed by atoms with Gasteiger partial charge in [0, 0.05) is 13.1 Å². The molecule has 2 aliphatic rings. The monoisotopic (exact) mass is 279 g/mol. The third-order valence-corrected chi connectivity index (χ3v) is 4.08. The molecule has 0 unspecified atom stereocenters. The van der Waals surface area contributed by atoms with Gasteiger partial charge in [0.1, 0.15) is 5.60 Å². The Morgan fingerprint density at radius 1 is 1.10 bits per heavy atom. The van der Waals surface area contributed by atoms with Crippen molar-refractivity contribution in [2.45, 2.75) is 77.3 Å². The average Bonchev–Trinajstić information content (AvgIpc) is 2.25. The van der Waals surface area contributed by atoms with Gasteiger partial charge < -0.3 is 9.47 Å². The van der Waals surface area contributed by atoms with Crippen LogP contribution in [0, 0.1) is 11.8 Å². The predicted molar refractivity (Wildman–Crippen MR) is 81.6 cm³/mol. The number of hydrogen-bond acceptors (Lipinski definition) is 3. The lowest BCUT2D eigenvalue weighted by Crippen LogP contribution is -2.45. The normalized spacial score (nSPS) is 38.0. The molecular weight excluding hydrogens is 250 g/mol. The van der Waals surface area contributed by atoms with Gasteiger partial charge in [0.25, 0.3) is 0 Å². The Labute approximate surface area is 124 Å². The van der Waals surface area contributed by atoms with Crippen molar-refractivity contribution in [1.29, 1.82) is 0 Å². The van der Waals surface area contributed by atoms with Crippen LogP contribution < -0.4 is 0 Å². The molecule has 0 saturated carbocycles. The fourth-order valence-corrected chi connectivity index (χ4v) is 3.40. The summed E-state index contributed by atoms with van der Waals surface area (Å²) in [5, 5.41) is 0. The van der Waals surface area contributed by atoms with E-state index in [1.54, 1.807) is 0 Å². The molecule has 0 aliphatic carbocycles. The predicted octanol–water partition coefficient (Wildman–Crippen LogP) is 2.84. The Morgan fingerprint density at radius 2 is 1.75 bits per heavy atom. The molecule has 0 radical (unpaired) electrons. The molecule has 20 heavy (non-hydrogen) atoms. The van der Waals surface area contributed by atoms with Crippen molar-refractivity contribution >= 4 is 0 Å². The molecule has 0 N–H and O–H groups in total. The van der Waals surface area contributed by atoms with Gasteiger partial charge >= 0.3 is 0 Å². The summed E-state index contributed by atoms with van der Waals surface area (Å²) in [5.41, 5.74) is -0.311. The first-order valence-corrected chi connectivity index (χ1v) is 7.86. The minimum absolute atomic E-state index is 0.0380. The zero-order valence-corrected chi connectivity index (χ0v) is 13.7. The van der Waals surface area contributed by atoms with Gasteiger partial charge in [-0.05, 0) is 53.9 Å². The highest BCUT2D eigenvalue weighted by molar-refractivity contribution is 5.16. The highest BCUT2D eigenvalue weighted by Crippen LogP contribution is 2.34. The van der Waals surface area contributed by atoms with E-state index in [0.717, 1.165) is 32.5 Å². The largest absolute Gasteiger partial charge is 0.373 e. The van der Waals surface area contributed by atoms with Crippen molar-refractivity contribution in [3.05, 3.63) is 0 Å². The van der Waals surface area contributed by atoms with Crippen LogP contribution in [0.3, 0.4) is 0 Å². The molecule has 3 atom stereocenters. The molecule has 2 fully saturated rings. The Morgan fingerprint density at radius 3 is 2.35 bits per heavy atom. The van der Waals surface area contributed by atoms with Gasteiger partial charge in [-0.3, -0.25) is 4.90 Å². The maximum absolute atomic E-state index is 6.18. The summed E-state index contributed by atoms with van der Waals surface area (Å²) < 4.78 is 11.9. The Balaban J connectivity index is 1.90. The quantitative estimate of drug-likeness (QED) is 0.689. The maximum Gasteiger partial charge on any atom is 0.126 e. The molecule has 0 amide bonds. The standard InChI is InChI=1S/C17H29NO2/c1-14-12-18(13-15(2)19-14)11-7-10-17(5)9-6-8-16(3,4)20-17/h14-15H,6,8-9,11-13H2,1-5H3/t14-,15-,17+/m1/s1. The third kappa shape index (κ3) is 4.48. The van der Waals surface area contributed by atoms with E-state index in [1.807, 2.05) is 0 Å². The van der Waals surface area contributed by atoms with Crippen LogP contribution in [0.2, 0.25) is 0 Å². The number of ether oxygens (including phenoxy) is 2. The van der Waals surface area contributed by atoms with Crippen molar-refractivity contribution < 1.29 is 9.47 Å². The Bertz CT molecular complexity index is 386. The van der Waals surface area contributed by atoms with Gasteiger partial charge in [0.2, 0.25) is 0 Å². The van der Waals surface area contributed by atoms with Gasteiger partial charge in [-0.25, -0.2) is 0 Å². The van der Waals surface area contributed by atoms with Crippen molar-refractivity contribution in [1.82, 2.24) is 4.90 Å². The van der Waals surface area contributed by atoms with E-state index in [1.165, 1.54) is 6.42 Å². The Hall–Kier alpha value is -0.560. The molecule has 0 bridgehead atoms. The molecule has 2 heterocycles. The lowest BCUT2D eigenvalue weighted by Gasteiger charge is -2.40. The van der Waals surface area contributed by atoms with Gasteiger partial charge in [0.15, 0.2) is 0 Å². The molecule has 0 aromatic carbocycles. The number of rotatable bonds is 1. The maximum atomic E-state index is 6.18. The molecule has 0 aromatic heterocycles. The highest BCUT2D eigenvalue weighted by Gasteiger charge is 2.35. The lowest BCUT2D eigenvalue weighted by atomic mass is 9.88. The van der Waals surface area contributed by atoms with Gasteiger partial charge in [-0.1, -0.05) is 11.8 Å². The molecule has 0 aromatic rings. The van der Waals surface area contributed by atoms with Crippen molar-refractivity contribution in [3.63, 3.8) is 0 Å². The molecule has 0 spiro atoms. The first-order valence-electron chi connectivity index (χ1n) is 7.86. The van der Waals surface area contributed by atoms with Crippen molar-refractivity contribution in [2.24, 2.45) is 0 Å². The first-order chi connectivity index (χ1) is 9.28. The summed E-state index contributed by atoms with van der Waals surface area (Å²) in [4.78, 5) is 2.38. The molecule has 2 saturated heterocycles. The van der Waals surface area contributed by atoms with E-state index in [4.69, 9.17) is 9.47 Å². The highest BCUT2D eigenvalue weighted by atomic mass is 16.5. The van der Waals surface area contributed by atoms with Crippen LogP contribution in [0.4, 0.5) is 0 Å². The summed E-state index contributed by atoms with van der Waals surface area (Å²) in [5.74, 6) is 6.72. The zero-order valence-electron chi connectivity index (χ0n) is 13.7. The van der Waals surface area contributed by atoms with Crippen LogP contribution >= 0.6 is 0 Å². The van der Waals surface area contributed by atoms with Crippen molar-refractivity contribution in [3.8, 4) is 11.8 Å². The van der Waals surface area contributed by atoms with E-state index in [0.29, 0.717) is 12.2 Å². The number of nitrogens with zero attached hydrogens (tertiary/aromatic N) is 1. The summed E-state index contributed by atoms with van der Waals surface area (Å²) >= 11 is 0. The van der Waals surface area contributed by atoms with Crippen LogP contribution in [0.15, 0.2) is 0 Å². The second-order valence-corrected chi connectivity index (χ2v) is 7.20. The second kappa shape index (κ2) is 6.05. The molecular formula is C17H29NO2. The van der Waals surface area contributed by atoms with E-state index >= 15 is 0 Å². The van der Waals surface area contributed by atoms with Crippen LogP contribution in [-0.2, 0) is 9.47 Å². The molecule has 2 aliphatic heterocycles. The molecule has 3 nitrogen and oxygen atoms in total. The minimum Gasteiger partial charge on any atom is -0.373 e. The lowest BCUT2D eigenvalue weighted by molar-refractivity contribution is -0.135. The van der Waals surface area contributed by atoms with Crippen LogP contribution in [0.1, 0.15) is 53.9 Å². The molecule has 114 valence electrons. The summed E-state index contributed by atoms with van der Waals surface area (Å²) in [6.07, 6.45) is 3.98. The number of morpholine rings is 1. The number of hydrogen-bond donors (Lipinski definition) is 0. The smallest absolute Gasteiger partial charge is 0.126 e. The summed E-state index contributed by atoms with van der Waals surface area (Å²) in [6, 6.07) is 0. The molecule has 2 rings (SSSR count). The van der Waals surface area contributed by atoms with Crippen LogP contribution in [0.5, 0.6) is 0 Å². The Kier molecular flexibility index (Phi) is 4.79. The van der Waals surface area contributed by atoms with E-state index in [9.17, 15) is 0 Å². The van der Waals surface area contributed by atoms with E-state index in [2.05, 4.69) is 51.4 Å². The topological polar surface area (TPSA) is 21.7 Å². The summed E-state index contributed by atoms with van der Waals surface area (Å²) in [7, 11) is 0. The second-order valence-electron chi connectivity index (χ2n) is 7.20. The zero-order chi connectivity index (χ0) is 14.8. The molecule has 3 heteroatoms. The SMILES string of the molecule is C[C@@H]1CN(CC#C[C@]2(C)CCCC(C)(C)O2)C[C@@H](C)O1. The van der Waals surface area contributed by atoms with Gasteiger partial charge in [-0.2, -0.15) is 0 Å². The third-order valence-electron chi connectivity index (χ3n) is 4.08.